The van der Waals surface area contributed by atoms with Crippen molar-refractivity contribution in [2.45, 2.75) is 84.1 Å². The molecule has 0 bridgehead atoms. The van der Waals surface area contributed by atoms with Crippen LogP contribution in [0.5, 0.6) is 0 Å². The molecule has 2 fully saturated rings. The van der Waals surface area contributed by atoms with Crippen LogP contribution in [-0.4, -0.2) is 41.3 Å². The van der Waals surface area contributed by atoms with Crippen LogP contribution < -0.4 is 21.5 Å². The Hall–Kier alpha value is -2.68. The second kappa shape index (κ2) is 16.9. The molecule has 2 aliphatic heterocycles. The molecule has 1 aromatic heterocycles. The number of carbonyl (C=O) groups excluding carboxylic acids is 1. The van der Waals surface area contributed by atoms with E-state index >= 15 is 0 Å². The summed E-state index contributed by atoms with van der Waals surface area (Å²) < 4.78 is 32.0. The molecule has 37 heavy (non-hydrogen) atoms. The number of rotatable bonds is 7. The van der Waals surface area contributed by atoms with Gasteiger partial charge in [0.1, 0.15) is 17.3 Å². The van der Waals surface area contributed by atoms with Crippen LogP contribution in [0.15, 0.2) is 30.3 Å². The van der Waals surface area contributed by atoms with Crippen LogP contribution in [0, 0.1) is 17.2 Å². The second-order valence-corrected chi connectivity index (χ2v) is 8.66. The van der Waals surface area contributed by atoms with Gasteiger partial charge in [0.25, 0.3) is 12.3 Å². The zero-order valence-electron chi connectivity index (χ0n) is 22.7. The number of hydrogen-bond acceptors (Lipinski definition) is 8. The lowest BCUT2D eigenvalue weighted by Crippen LogP contribution is -2.44. The zero-order valence-corrected chi connectivity index (χ0v) is 23.5. The third-order valence-electron chi connectivity index (χ3n) is 5.22. The van der Waals surface area contributed by atoms with E-state index < -0.39 is 18.4 Å². The van der Waals surface area contributed by atoms with Crippen molar-refractivity contribution in [3.63, 3.8) is 0 Å². The fraction of sp³-hybridized carbons (Fsp3) is 0.577. The van der Waals surface area contributed by atoms with Crippen molar-refractivity contribution in [1.29, 1.82) is 5.26 Å². The first kappa shape index (κ1) is 32.3. The van der Waals surface area contributed by atoms with E-state index in [-0.39, 0.29) is 22.9 Å². The minimum atomic E-state index is -2.65. The highest BCUT2D eigenvalue weighted by atomic mass is 32.2. The van der Waals surface area contributed by atoms with Crippen molar-refractivity contribution >= 4 is 23.2 Å². The van der Waals surface area contributed by atoms with Crippen molar-refractivity contribution in [3.8, 4) is 6.07 Å². The Morgan fingerprint density at radius 3 is 2.49 bits per heavy atom. The number of nitrogens with one attached hydrogen (secondary N) is 4. The summed E-state index contributed by atoms with van der Waals surface area (Å²) in [4.78, 5) is 17.3. The highest BCUT2D eigenvalue weighted by Gasteiger charge is 2.38. The van der Waals surface area contributed by atoms with Gasteiger partial charge < -0.3 is 15.4 Å². The molecule has 3 atom stereocenters. The number of alkyl halides is 2. The molecule has 3 aliphatic rings. The lowest BCUT2D eigenvalue weighted by molar-refractivity contribution is 0.0944. The molecule has 1 aliphatic carbocycles. The smallest absolute Gasteiger partial charge is 0.261 e. The largest absolute Gasteiger partial charge is 0.495 e. The normalized spacial score (nSPS) is 21.7. The topological polar surface area (TPSA) is 111 Å². The number of thioether (sulfide) groups is 1. The van der Waals surface area contributed by atoms with Gasteiger partial charge in [-0.1, -0.05) is 53.3 Å². The highest BCUT2D eigenvalue weighted by Crippen LogP contribution is 2.40. The Kier molecular flexibility index (Phi) is 14.8. The van der Waals surface area contributed by atoms with E-state index in [0.717, 1.165) is 0 Å². The van der Waals surface area contributed by atoms with Crippen molar-refractivity contribution in [1.82, 2.24) is 26.5 Å². The monoisotopic (exact) mass is 538 g/mol. The number of ether oxygens (including phenoxy) is 1. The molecular weight excluding hydrogens is 498 g/mol. The van der Waals surface area contributed by atoms with Crippen LogP contribution in [0.1, 0.15) is 76.0 Å². The molecule has 3 heterocycles. The number of methoxy groups -OCH3 is 1. The molecule has 3 unspecified atom stereocenters. The molecule has 206 valence electrons. The summed E-state index contributed by atoms with van der Waals surface area (Å²) >= 11 is 1.59. The number of amides is 1. The number of hydrogen-bond donors (Lipinski definition) is 4. The summed E-state index contributed by atoms with van der Waals surface area (Å²) in [6.07, 6.45) is 3.78. The van der Waals surface area contributed by atoms with Gasteiger partial charge in [0.15, 0.2) is 0 Å². The number of nitriles is 1. The lowest BCUT2D eigenvalue weighted by Gasteiger charge is -2.24. The van der Waals surface area contributed by atoms with Crippen LogP contribution in [0.2, 0.25) is 0 Å². The summed E-state index contributed by atoms with van der Waals surface area (Å²) in [5, 5.41) is 14.8. The molecule has 0 radical (unpaired) electrons. The Morgan fingerprint density at radius 1 is 1.24 bits per heavy atom. The minimum absolute atomic E-state index is 0.0256. The first-order valence-electron chi connectivity index (χ1n) is 12.8. The van der Waals surface area contributed by atoms with Crippen molar-refractivity contribution in [2.24, 2.45) is 5.92 Å². The molecule has 8 nitrogen and oxygen atoms in total. The fourth-order valence-corrected chi connectivity index (χ4v) is 4.68. The highest BCUT2D eigenvalue weighted by molar-refractivity contribution is 8.00. The quantitative estimate of drug-likeness (QED) is 0.387. The molecule has 1 aromatic rings. The number of aromatic nitrogens is 1. The molecule has 0 spiro atoms. The molecule has 0 aromatic carbocycles. The van der Waals surface area contributed by atoms with E-state index in [0.29, 0.717) is 28.5 Å². The average molecular weight is 539 g/mol. The van der Waals surface area contributed by atoms with E-state index in [1.54, 1.807) is 17.8 Å². The number of carbonyl (C=O) groups is 1. The minimum Gasteiger partial charge on any atom is -0.495 e. The van der Waals surface area contributed by atoms with Gasteiger partial charge >= 0.3 is 0 Å². The number of allylic oxidation sites excluding steroid dienone is 1. The van der Waals surface area contributed by atoms with E-state index in [1.807, 2.05) is 47.6 Å². The summed E-state index contributed by atoms with van der Waals surface area (Å²) in [5.41, 5.74) is 7.27. The van der Waals surface area contributed by atoms with Gasteiger partial charge in [0.2, 0.25) is 0 Å². The maximum atomic E-state index is 13.3. The third kappa shape index (κ3) is 8.98. The van der Waals surface area contributed by atoms with E-state index in [9.17, 15) is 13.6 Å². The van der Waals surface area contributed by atoms with Crippen LogP contribution in [0.3, 0.4) is 0 Å². The van der Waals surface area contributed by atoms with Crippen LogP contribution in [0.4, 0.5) is 8.78 Å². The van der Waals surface area contributed by atoms with Gasteiger partial charge in [0, 0.05) is 23.5 Å². The van der Waals surface area contributed by atoms with E-state index in [1.165, 1.54) is 38.4 Å². The molecular formula is C26H40F2N6O2S. The maximum Gasteiger partial charge on any atom is 0.261 e. The van der Waals surface area contributed by atoms with Crippen molar-refractivity contribution in [3.05, 3.63) is 47.1 Å². The molecule has 1 amide bonds. The molecule has 4 rings (SSSR count). The predicted molar refractivity (Wildman–Crippen MR) is 145 cm³/mol. The number of halogens is 2. The Bertz CT molecular complexity index is 963. The third-order valence-corrected chi connectivity index (χ3v) is 6.52. The Balaban J connectivity index is 0.00000106. The number of hydrazine groups is 1. The van der Waals surface area contributed by atoms with E-state index in [4.69, 9.17) is 10.00 Å². The molecule has 1 saturated heterocycles. The first-order chi connectivity index (χ1) is 18.0. The number of nitrogens with zero attached hydrogens (tertiary/aromatic N) is 2. The van der Waals surface area contributed by atoms with Gasteiger partial charge in [-0.05, 0) is 30.9 Å². The standard InChI is InChI=1S/C20H22F2N6O2S.3C2H6/c1-30-16-9-25-15(17(21)22)7-13(16)12-6-11(4-5-23)24-8-14(12)18(29)26-20-28-27-19(31-20)10-2-3-10;3*1-2/h6-10,15,17,19-20,25,27-28H,2-4H2,1H3,(H,26,29);3*1-2H3. The fourth-order valence-electron chi connectivity index (χ4n) is 3.44. The number of pyridine rings is 1. The molecule has 4 N–H and O–H groups in total. The molecule has 1 saturated carbocycles. The van der Waals surface area contributed by atoms with Gasteiger partial charge in [-0.25, -0.2) is 19.6 Å². The first-order valence-corrected chi connectivity index (χ1v) is 13.8. The van der Waals surface area contributed by atoms with Gasteiger partial charge in [-0.2, -0.15) is 5.26 Å². The summed E-state index contributed by atoms with van der Waals surface area (Å²) in [6.45, 7) is 12.0. The predicted octanol–water partition coefficient (Wildman–Crippen LogP) is 4.92. The molecule has 11 heteroatoms. The summed E-state index contributed by atoms with van der Waals surface area (Å²) in [7, 11) is 1.42. The SMILES string of the molecule is CC.CC.CC.COC1=CNC(C(F)F)C=C1c1cc(CC#N)ncc1C(=O)NC1NNC(C2CC2)S1. The summed E-state index contributed by atoms with van der Waals surface area (Å²) in [5.74, 6) is 0.504. The summed E-state index contributed by atoms with van der Waals surface area (Å²) in [6, 6.07) is 2.36. The van der Waals surface area contributed by atoms with Crippen LogP contribution in [0.25, 0.3) is 5.57 Å². The van der Waals surface area contributed by atoms with Crippen LogP contribution >= 0.6 is 11.8 Å². The van der Waals surface area contributed by atoms with Gasteiger partial charge in [-0.3, -0.25) is 9.78 Å². The lowest BCUT2D eigenvalue weighted by atomic mass is 9.94. The van der Waals surface area contributed by atoms with E-state index in [2.05, 4.69) is 26.5 Å². The zero-order chi connectivity index (χ0) is 28.0. The van der Waals surface area contributed by atoms with Crippen molar-refractivity contribution in [2.75, 3.05) is 7.11 Å². The second-order valence-electron chi connectivity index (χ2n) is 7.41. The van der Waals surface area contributed by atoms with Gasteiger partial charge in [0.05, 0.1) is 36.2 Å². The van der Waals surface area contributed by atoms with Crippen LogP contribution in [-0.2, 0) is 11.2 Å². The number of dihydropyridines is 1. The van der Waals surface area contributed by atoms with Crippen molar-refractivity contribution < 1.29 is 18.3 Å². The Labute approximate surface area is 223 Å². The Morgan fingerprint density at radius 2 is 1.92 bits per heavy atom. The maximum absolute atomic E-state index is 13.3. The average Bonchev–Trinajstić information content (AvgIpc) is 3.70. The van der Waals surface area contributed by atoms with Gasteiger partial charge in [-0.15, -0.1) is 0 Å².